The third kappa shape index (κ3) is 5.52. The van der Waals surface area contributed by atoms with Crippen molar-refractivity contribution in [1.82, 2.24) is 10.3 Å². The molecule has 1 N–H and O–H groups in total. The zero-order valence-electron chi connectivity index (χ0n) is 15.6. The first kappa shape index (κ1) is 19.3. The number of rotatable bonds is 9. The molecule has 0 aliphatic carbocycles. The third-order valence-corrected chi connectivity index (χ3v) is 5.09. The monoisotopic (exact) mass is 384 g/mol. The van der Waals surface area contributed by atoms with E-state index in [4.69, 9.17) is 9.15 Å². The van der Waals surface area contributed by atoms with Crippen molar-refractivity contribution in [3.8, 4) is 10.8 Å². The number of benzene rings is 1. The second kappa shape index (κ2) is 9.48. The lowest BCUT2D eigenvalue weighted by atomic mass is 10.1. The Morgan fingerprint density at radius 1 is 1.26 bits per heavy atom. The summed E-state index contributed by atoms with van der Waals surface area (Å²) < 4.78 is 11.5. The average molecular weight is 385 g/mol. The molecule has 27 heavy (non-hydrogen) atoms. The molecule has 6 heteroatoms. The van der Waals surface area contributed by atoms with E-state index in [2.05, 4.69) is 22.4 Å². The Bertz CT molecular complexity index is 844. The predicted octanol–water partition coefficient (Wildman–Crippen LogP) is 4.54. The second-order valence-corrected chi connectivity index (χ2v) is 7.25. The van der Waals surface area contributed by atoms with Crippen LogP contribution in [-0.2, 0) is 16.0 Å². The molecule has 2 aromatic heterocycles. The average Bonchev–Trinajstić information content (AvgIpc) is 3.32. The Balaban J connectivity index is 1.38. The van der Waals surface area contributed by atoms with Gasteiger partial charge in [-0.1, -0.05) is 36.4 Å². The van der Waals surface area contributed by atoms with Gasteiger partial charge in [0.05, 0.1) is 23.1 Å². The Hall–Kier alpha value is -2.44. The van der Waals surface area contributed by atoms with Crippen molar-refractivity contribution in [2.75, 3.05) is 13.2 Å². The number of nitrogens with one attached hydrogen (secondary N) is 1. The van der Waals surface area contributed by atoms with E-state index in [9.17, 15) is 4.79 Å². The predicted molar refractivity (Wildman–Crippen MR) is 107 cm³/mol. The summed E-state index contributed by atoms with van der Waals surface area (Å²) in [5.41, 5.74) is 1.84. The molecule has 1 unspecified atom stereocenters. The summed E-state index contributed by atoms with van der Waals surface area (Å²) in [5.74, 6) is 1.21. The highest BCUT2D eigenvalue weighted by Crippen LogP contribution is 2.26. The van der Waals surface area contributed by atoms with Crippen molar-refractivity contribution in [3.05, 3.63) is 64.9 Å². The van der Waals surface area contributed by atoms with E-state index in [1.54, 1.807) is 11.3 Å². The highest BCUT2D eigenvalue weighted by atomic mass is 32.1. The first-order valence-corrected chi connectivity index (χ1v) is 9.95. The summed E-state index contributed by atoms with van der Waals surface area (Å²) >= 11 is 1.57. The van der Waals surface area contributed by atoms with Crippen LogP contribution in [0.15, 0.2) is 52.3 Å². The van der Waals surface area contributed by atoms with Gasteiger partial charge in [0, 0.05) is 13.2 Å². The maximum absolute atomic E-state index is 12.1. The number of carbonyl (C=O) groups is 1. The Labute approximate surface area is 163 Å². The quantitative estimate of drug-likeness (QED) is 0.550. The zero-order chi connectivity index (χ0) is 19.1. The number of ether oxygens (including phenoxy) is 1. The molecule has 1 aromatic carbocycles. The molecule has 0 bridgehead atoms. The number of amides is 1. The lowest BCUT2D eigenvalue weighted by Gasteiger charge is -2.13. The molecule has 0 spiro atoms. The van der Waals surface area contributed by atoms with Crippen LogP contribution in [0.2, 0.25) is 0 Å². The lowest BCUT2D eigenvalue weighted by Crippen LogP contribution is -2.27. The van der Waals surface area contributed by atoms with Crippen molar-refractivity contribution in [2.24, 2.45) is 0 Å². The van der Waals surface area contributed by atoms with Gasteiger partial charge in [-0.25, -0.2) is 4.98 Å². The van der Waals surface area contributed by atoms with Crippen molar-refractivity contribution in [2.45, 2.75) is 32.8 Å². The van der Waals surface area contributed by atoms with Gasteiger partial charge in [0.15, 0.2) is 0 Å². The fourth-order valence-electron chi connectivity index (χ4n) is 2.69. The number of hydrogen-bond donors (Lipinski definition) is 1. The van der Waals surface area contributed by atoms with Crippen LogP contribution in [0.5, 0.6) is 0 Å². The molecule has 0 radical (unpaired) electrons. The highest BCUT2D eigenvalue weighted by molar-refractivity contribution is 7.13. The number of aryl methyl sites for hydroxylation is 1. The molecule has 1 amide bonds. The summed E-state index contributed by atoms with van der Waals surface area (Å²) in [6.45, 7) is 5.05. The normalized spacial score (nSPS) is 12.1. The smallest absolute Gasteiger partial charge is 0.236 e. The number of oxazole rings is 1. The van der Waals surface area contributed by atoms with E-state index < -0.39 is 0 Å². The van der Waals surface area contributed by atoms with Crippen LogP contribution in [0, 0.1) is 6.92 Å². The van der Waals surface area contributed by atoms with Crippen LogP contribution in [0.4, 0.5) is 0 Å². The SMILES string of the molecule is Cc1oc(-c2cccs2)nc1CC(=O)NCCCOC(C)c1ccccc1. The van der Waals surface area contributed by atoms with E-state index in [0.717, 1.165) is 16.9 Å². The molecule has 0 saturated heterocycles. The van der Waals surface area contributed by atoms with E-state index in [0.29, 0.717) is 30.5 Å². The number of hydrogen-bond acceptors (Lipinski definition) is 5. The van der Waals surface area contributed by atoms with Crippen molar-refractivity contribution < 1.29 is 13.9 Å². The molecule has 2 heterocycles. The van der Waals surface area contributed by atoms with E-state index >= 15 is 0 Å². The van der Waals surface area contributed by atoms with E-state index in [-0.39, 0.29) is 18.4 Å². The van der Waals surface area contributed by atoms with Gasteiger partial charge < -0.3 is 14.5 Å². The van der Waals surface area contributed by atoms with E-state index in [1.165, 1.54) is 0 Å². The van der Waals surface area contributed by atoms with Crippen LogP contribution >= 0.6 is 11.3 Å². The summed E-state index contributed by atoms with van der Waals surface area (Å²) in [4.78, 5) is 17.6. The Kier molecular flexibility index (Phi) is 6.79. The van der Waals surface area contributed by atoms with Crippen LogP contribution < -0.4 is 5.32 Å². The second-order valence-electron chi connectivity index (χ2n) is 6.30. The van der Waals surface area contributed by atoms with Gasteiger partial charge in [0.25, 0.3) is 0 Å². The lowest BCUT2D eigenvalue weighted by molar-refractivity contribution is -0.120. The molecule has 0 aliphatic heterocycles. The number of thiophene rings is 1. The minimum atomic E-state index is -0.0553. The highest BCUT2D eigenvalue weighted by Gasteiger charge is 2.15. The van der Waals surface area contributed by atoms with Crippen molar-refractivity contribution >= 4 is 17.2 Å². The van der Waals surface area contributed by atoms with Gasteiger partial charge in [-0.05, 0) is 37.3 Å². The Morgan fingerprint density at radius 2 is 2.07 bits per heavy atom. The largest absolute Gasteiger partial charge is 0.440 e. The van der Waals surface area contributed by atoms with E-state index in [1.807, 2.05) is 49.6 Å². The van der Waals surface area contributed by atoms with Gasteiger partial charge >= 0.3 is 0 Å². The van der Waals surface area contributed by atoms with Gasteiger partial charge in [0.2, 0.25) is 11.8 Å². The summed E-state index contributed by atoms with van der Waals surface area (Å²) in [5, 5.41) is 4.89. The topological polar surface area (TPSA) is 64.4 Å². The van der Waals surface area contributed by atoms with Crippen molar-refractivity contribution in [3.63, 3.8) is 0 Å². The van der Waals surface area contributed by atoms with Gasteiger partial charge in [-0.3, -0.25) is 4.79 Å². The summed E-state index contributed by atoms with van der Waals surface area (Å²) in [6, 6.07) is 14.0. The summed E-state index contributed by atoms with van der Waals surface area (Å²) in [7, 11) is 0. The molecule has 0 aliphatic rings. The molecule has 3 rings (SSSR count). The van der Waals surface area contributed by atoms with Crippen LogP contribution in [0.25, 0.3) is 10.8 Å². The van der Waals surface area contributed by atoms with Crippen LogP contribution in [-0.4, -0.2) is 24.0 Å². The molecule has 5 nitrogen and oxygen atoms in total. The van der Waals surface area contributed by atoms with Crippen LogP contribution in [0.3, 0.4) is 0 Å². The van der Waals surface area contributed by atoms with Gasteiger partial charge in [-0.2, -0.15) is 0 Å². The summed E-state index contributed by atoms with van der Waals surface area (Å²) in [6.07, 6.45) is 1.04. The number of carbonyl (C=O) groups excluding carboxylic acids is 1. The maximum atomic E-state index is 12.1. The number of aromatic nitrogens is 1. The maximum Gasteiger partial charge on any atom is 0.236 e. The zero-order valence-corrected chi connectivity index (χ0v) is 16.4. The fraction of sp³-hybridized carbons (Fsp3) is 0.333. The minimum absolute atomic E-state index is 0.0513. The fourth-order valence-corrected chi connectivity index (χ4v) is 3.34. The Morgan fingerprint density at radius 3 is 2.81 bits per heavy atom. The first-order chi connectivity index (χ1) is 13.1. The number of nitrogens with zero attached hydrogens (tertiary/aromatic N) is 1. The molecule has 3 aromatic rings. The molecular formula is C21H24N2O3S. The molecule has 0 fully saturated rings. The molecule has 142 valence electrons. The third-order valence-electron chi connectivity index (χ3n) is 4.23. The van der Waals surface area contributed by atoms with Crippen molar-refractivity contribution in [1.29, 1.82) is 0 Å². The van der Waals surface area contributed by atoms with Gasteiger partial charge in [0.1, 0.15) is 5.76 Å². The minimum Gasteiger partial charge on any atom is -0.440 e. The molecular weight excluding hydrogens is 360 g/mol. The van der Waals surface area contributed by atoms with Gasteiger partial charge in [-0.15, -0.1) is 11.3 Å². The first-order valence-electron chi connectivity index (χ1n) is 9.07. The van der Waals surface area contributed by atoms with Crippen LogP contribution in [0.1, 0.15) is 36.5 Å². The molecule has 1 atom stereocenters. The standard InChI is InChI=1S/C21H24N2O3S/c1-15(17-8-4-3-5-9-17)25-12-7-11-22-20(24)14-18-16(2)26-21(23-18)19-10-6-13-27-19/h3-6,8-10,13,15H,7,11-12,14H2,1-2H3,(H,22,24). The molecule has 0 saturated carbocycles.